The van der Waals surface area contributed by atoms with Gasteiger partial charge in [0, 0.05) is 19.2 Å². The third-order valence-electron chi connectivity index (χ3n) is 5.02. The number of furan rings is 1. The molecule has 1 aliphatic heterocycles. The third-order valence-corrected chi connectivity index (χ3v) is 5.02. The summed E-state index contributed by atoms with van der Waals surface area (Å²) in [5.74, 6) is 2.57. The summed E-state index contributed by atoms with van der Waals surface area (Å²) in [5.41, 5.74) is 2.12. The van der Waals surface area contributed by atoms with Gasteiger partial charge >= 0.3 is 6.03 Å². The second kappa shape index (κ2) is 7.94. The fraction of sp³-hybridized carbons (Fsp3) is 0.476. The van der Waals surface area contributed by atoms with Gasteiger partial charge in [0.25, 0.3) is 0 Å². The molecule has 3 rings (SSSR count). The minimum atomic E-state index is -0.119. The summed E-state index contributed by atoms with van der Waals surface area (Å²) in [7, 11) is 1.80. The maximum Gasteiger partial charge on any atom is 0.317 e. The van der Waals surface area contributed by atoms with Crippen LogP contribution >= 0.6 is 0 Å². The first-order valence-electron chi connectivity index (χ1n) is 9.48. The summed E-state index contributed by atoms with van der Waals surface area (Å²) in [6, 6.07) is 9.79. The fourth-order valence-corrected chi connectivity index (χ4v) is 3.62. The molecule has 27 heavy (non-hydrogen) atoms. The van der Waals surface area contributed by atoms with Crippen molar-refractivity contribution in [3.05, 3.63) is 47.4 Å². The van der Waals surface area contributed by atoms with Crippen molar-refractivity contribution in [2.45, 2.75) is 39.8 Å². The van der Waals surface area contributed by atoms with Gasteiger partial charge in [0.05, 0.1) is 24.8 Å². The van der Waals surface area contributed by atoms with Crippen LogP contribution in [0.3, 0.4) is 0 Å². The number of carbonyl (C=O) groups excluding carboxylic acids is 1. The van der Waals surface area contributed by atoms with Gasteiger partial charge < -0.3 is 24.3 Å². The molecule has 6 heteroatoms. The SMILES string of the molecule is CCN1C[C@@H](CN(C)C(=O)N[C@@H](C)c2cc(C)oc2C)Oc2ccccc21. The van der Waals surface area contributed by atoms with E-state index in [1.807, 2.05) is 45.0 Å². The number of ether oxygens (including phenoxy) is 1. The molecular weight excluding hydrogens is 342 g/mol. The molecule has 146 valence electrons. The highest BCUT2D eigenvalue weighted by molar-refractivity contribution is 5.74. The summed E-state index contributed by atoms with van der Waals surface area (Å²) < 4.78 is 11.7. The number of para-hydroxylation sites is 2. The van der Waals surface area contributed by atoms with Crippen LogP contribution in [0.25, 0.3) is 0 Å². The molecule has 6 nitrogen and oxygen atoms in total. The van der Waals surface area contributed by atoms with Crippen molar-refractivity contribution in [1.29, 1.82) is 0 Å². The van der Waals surface area contributed by atoms with Gasteiger partial charge in [-0.05, 0) is 45.9 Å². The highest BCUT2D eigenvalue weighted by atomic mass is 16.5. The molecular formula is C21H29N3O3. The van der Waals surface area contributed by atoms with E-state index in [1.165, 1.54) is 0 Å². The largest absolute Gasteiger partial charge is 0.485 e. The van der Waals surface area contributed by atoms with Gasteiger partial charge in [-0.2, -0.15) is 0 Å². The predicted molar refractivity (Wildman–Crippen MR) is 107 cm³/mol. The van der Waals surface area contributed by atoms with Crippen molar-refractivity contribution in [2.24, 2.45) is 0 Å². The van der Waals surface area contributed by atoms with Crippen LogP contribution in [-0.2, 0) is 0 Å². The number of anilines is 1. The summed E-state index contributed by atoms with van der Waals surface area (Å²) >= 11 is 0. The number of aryl methyl sites for hydroxylation is 2. The van der Waals surface area contributed by atoms with Crippen molar-refractivity contribution in [2.75, 3.05) is 31.6 Å². The van der Waals surface area contributed by atoms with E-state index in [9.17, 15) is 4.79 Å². The Kier molecular flexibility index (Phi) is 5.63. The first kappa shape index (κ1) is 19.1. The number of carbonyl (C=O) groups is 1. The number of likely N-dealkylation sites (N-methyl/N-ethyl adjacent to an activating group) is 2. The quantitative estimate of drug-likeness (QED) is 0.866. The van der Waals surface area contributed by atoms with Gasteiger partial charge in [-0.1, -0.05) is 12.1 Å². The van der Waals surface area contributed by atoms with E-state index in [4.69, 9.17) is 9.15 Å². The Labute approximate surface area is 161 Å². The lowest BCUT2D eigenvalue weighted by atomic mass is 10.1. The van der Waals surface area contributed by atoms with E-state index >= 15 is 0 Å². The number of nitrogens with one attached hydrogen (secondary N) is 1. The first-order chi connectivity index (χ1) is 12.9. The van der Waals surface area contributed by atoms with Crippen LogP contribution < -0.4 is 15.0 Å². The van der Waals surface area contributed by atoms with Crippen molar-refractivity contribution in [1.82, 2.24) is 10.2 Å². The summed E-state index contributed by atoms with van der Waals surface area (Å²) in [4.78, 5) is 16.6. The van der Waals surface area contributed by atoms with E-state index in [1.54, 1.807) is 11.9 Å². The average Bonchev–Trinajstić information content (AvgIpc) is 2.99. The molecule has 2 aromatic rings. The number of urea groups is 1. The zero-order valence-corrected chi connectivity index (χ0v) is 16.8. The van der Waals surface area contributed by atoms with Gasteiger partial charge in [0.2, 0.25) is 0 Å². The molecule has 0 spiro atoms. The lowest BCUT2D eigenvalue weighted by Gasteiger charge is -2.37. The van der Waals surface area contributed by atoms with Crippen molar-refractivity contribution < 1.29 is 13.9 Å². The van der Waals surface area contributed by atoms with Gasteiger partial charge in [-0.3, -0.25) is 0 Å². The number of nitrogens with zero attached hydrogens (tertiary/aromatic N) is 2. The highest BCUT2D eigenvalue weighted by Crippen LogP contribution is 2.32. The van der Waals surface area contributed by atoms with Crippen LogP contribution in [0.15, 0.2) is 34.7 Å². The number of hydrogen-bond donors (Lipinski definition) is 1. The molecule has 0 fully saturated rings. The standard InChI is InChI=1S/C21H29N3O3/c1-6-24-13-17(27-20-10-8-7-9-19(20)24)12-23(5)21(25)22-15(3)18-11-14(2)26-16(18)4/h7-11,15,17H,6,12-13H2,1-5H3,(H,22,25)/t15-,17+/m0/s1. The lowest BCUT2D eigenvalue weighted by Crippen LogP contribution is -2.49. The predicted octanol–water partition coefficient (Wildman–Crippen LogP) is 3.89. The normalized spacial score (nSPS) is 17.1. The van der Waals surface area contributed by atoms with Crippen molar-refractivity contribution in [3.63, 3.8) is 0 Å². The number of amides is 2. The lowest BCUT2D eigenvalue weighted by molar-refractivity contribution is 0.144. The van der Waals surface area contributed by atoms with Crippen LogP contribution in [0, 0.1) is 13.8 Å². The molecule has 2 amide bonds. The van der Waals surface area contributed by atoms with Gasteiger partial charge in [-0.15, -0.1) is 0 Å². The molecule has 0 unspecified atom stereocenters. The molecule has 1 N–H and O–H groups in total. The summed E-state index contributed by atoms with van der Waals surface area (Å²) in [6.45, 7) is 10.1. The van der Waals surface area contributed by atoms with Crippen LogP contribution in [0.1, 0.15) is 37.0 Å². The Morgan fingerprint density at radius 1 is 1.37 bits per heavy atom. The molecule has 1 aromatic carbocycles. The molecule has 1 aromatic heterocycles. The maximum absolute atomic E-state index is 12.6. The molecule has 1 aliphatic rings. The van der Waals surface area contributed by atoms with Gasteiger partial charge in [0.15, 0.2) is 0 Å². The van der Waals surface area contributed by atoms with Crippen molar-refractivity contribution >= 4 is 11.7 Å². The molecule has 2 heterocycles. The van der Waals surface area contributed by atoms with E-state index in [0.29, 0.717) is 6.54 Å². The second-order valence-corrected chi connectivity index (χ2v) is 7.17. The number of hydrogen-bond acceptors (Lipinski definition) is 4. The Morgan fingerprint density at radius 3 is 2.78 bits per heavy atom. The van der Waals surface area contributed by atoms with E-state index in [-0.39, 0.29) is 18.2 Å². The fourth-order valence-electron chi connectivity index (χ4n) is 3.62. The van der Waals surface area contributed by atoms with Crippen LogP contribution in [-0.4, -0.2) is 43.7 Å². The summed E-state index contributed by atoms with van der Waals surface area (Å²) in [6.07, 6.45) is -0.0659. The summed E-state index contributed by atoms with van der Waals surface area (Å²) in [5, 5.41) is 3.04. The zero-order valence-electron chi connectivity index (χ0n) is 16.8. The molecule has 0 saturated heterocycles. The first-order valence-corrected chi connectivity index (χ1v) is 9.48. The number of fused-ring (bicyclic) bond motifs is 1. The smallest absolute Gasteiger partial charge is 0.317 e. The van der Waals surface area contributed by atoms with E-state index in [2.05, 4.69) is 23.2 Å². The van der Waals surface area contributed by atoms with Crippen LogP contribution in [0.4, 0.5) is 10.5 Å². The van der Waals surface area contributed by atoms with Crippen LogP contribution in [0.5, 0.6) is 5.75 Å². The van der Waals surface area contributed by atoms with Gasteiger partial charge in [0.1, 0.15) is 23.4 Å². The number of rotatable bonds is 5. The second-order valence-electron chi connectivity index (χ2n) is 7.17. The molecule has 2 atom stereocenters. The molecule has 0 radical (unpaired) electrons. The van der Waals surface area contributed by atoms with Crippen LogP contribution in [0.2, 0.25) is 0 Å². The van der Waals surface area contributed by atoms with E-state index in [0.717, 1.165) is 41.6 Å². The highest BCUT2D eigenvalue weighted by Gasteiger charge is 2.27. The maximum atomic E-state index is 12.6. The molecule has 0 aliphatic carbocycles. The Hall–Kier alpha value is -2.63. The minimum Gasteiger partial charge on any atom is -0.485 e. The minimum absolute atomic E-state index is 0.0659. The molecule has 0 saturated carbocycles. The average molecular weight is 371 g/mol. The Balaban J connectivity index is 1.61. The third kappa shape index (κ3) is 4.21. The zero-order chi connectivity index (χ0) is 19.6. The Morgan fingerprint density at radius 2 is 2.11 bits per heavy atom. The number of benzene rings is 1. The van der Waals surface area contributed by atoms with Gasteiger partial charge in [-0.25, -0.2) is 4.79 Å². The topological polar surface area (TPSA) is 58.0 Å². The Bertz CT molecular complexity index is 802. The molecule has 0 bridgehead atoms. The monoisotopic (exact) mass is 371 g/mol. The van der Waals surface area contributed by atoms with E-state index < -0.39 is 0 Å². The van der Waals surface area contributed by atoms with Crippen molar-refractivity contribution in [3.8, 4) is 5.75 Å².